The van der Waals surface area contributed by atoms with E-state index in [2.05, 4.69) is 15.6 Å². The number of ether oxygens (including phenoxy) is 3. The highest BCUT2D eigenvalue weighted by Crippen LogP contribution is 2.04. The number of hydrogen-bond acceptors (Lipinski definition) is 4. The highest BCUT2D eigenvalue weighted by atomic mass is 127. The fourth-order valence-electron chi connectivity index (χ4n) is 1.21. The van der Waals surface area contributed by atoms with Crippen molar-refractivity contribution in [1.82, 2.24) is 10.6 Å². The number of guanidine groups is 1. The zero-order chi connectivity index (χ0) is 14.6. The fourth-order valence-corrected chi connectivity index (χ4v) is 1.21. The molecule has 122 valence electrons. The molecule has 0 aromatic rings. The Balaban J connectivity index is 0. The molecule has 0 fully saturated rings. The molecule has 0 saturated heterocycles. The molecule has 0 rings (SSSR count). The van der Waals surface area contributed by atoms with Crippen molar-refractivity contribution < 1.29 is 14.2 Å². The highest BCUT2D eigenvalue weighted by molar-refractivity contribution is 14.0. The van der Waals surface area contributed by atoms with Crippen LogP contribution < -0.4 is 10.6 Å². The van der Waals surface area contributed by atoms with Crippen LogP contribution in [-0.4, -0.2) is 65.7 Å². The van der Waals surface area contributed by atoms with Crippen LogP contribution in [0.15, 0.2) is 4.99 Å². The maximum atomic E-state index is 5.38. The van der Waals surface area contributed by atoms with Gasteiger partial charge in [-0.25, -0.2) is 0 Å². The maximum Gasteiger partial charge on any atom is 0.191 e. The molecular formula is C13H30IN3O3. The Bertz CT molecular complexity index is 251. The van der Waals surface area contributed by atoms with Crippen molar-refractivity contribution in [2.75, 3.05) is 54.2 Å². The van der Waals surface area contributed by atoms with Crippen LogP contribution in [0.25, 0.3) is 0 Å². The van der Waals surface area contributed by atoms with E-state index in [0.717, 1.165) is 25.5 Å². The normalized spacial score (nSPS) is 11.9. The first kappa shape index (κ1) is 22.2. The molecule has 0 heterocycles. The van der Waals surface area contributed by atoms with Crippen molar-refractivity contribution >= 4 is 29.9 Å². The Labute approximate surface area is 140 Å². The monoisotopic (exact) mass is 403 g/mol. The van der Waals surface area contributed by atoms with Crippen LogP contribution in [0, 0.1) is 0 Å². The summed E-state index contributed by atoms with van der Waals surface area (Å²) in [5.74, 6) is 0.780. The Morgan fingerprint density at radius 3 is 2.35 bits per heavy atom. The average Bonchev–Trinajstić information content (AvgIpc) is 2.41. The van der Waals surface area contributed by atoms with Gasteiger partial charge in [0.15, 0.2) is 5.96 Å². The summed E-state index contributed by atoms with van der Waals surface area (Å²) in [7, 11) is 5.13. The van der Waals surface area contributed by atoms with Gasteiger partial charge in [-0.15, -0.1) is 24.0 Å². The van der Waals surface area contributed by atoms with Crippen LogP contribution in [0.5, 0.6) is 0 Å². The number of halogens is 1. The van der Waals surface area contributed by atoms with E-state index in [-0.39, 0.29) is 29.6 Å². The maximum absolute atomic E-state index is 5.38. The van der Waals surface area contributed by atoms with Gasteiger partial charge in [-0.3, -0.25) is 4.99 Å². The summed E-state index contributed by atoms with van der Waals surface area (Å²) in [5, 5.41) is 6.45. The van der Waals surface area contributed by atoms with Gasteiger partial charge in [0.05, 0.1) is 18.8 Å². The van der Waals surface area contributed by atoms with E-state index < -0.39 is 0 Å². The van der Waals surface area contributed by atoms with Crippen LogP contribution in [0.4, 0.5) is 0 Å². The fraction of sp³-hybridized carbons (Fsp3) is 0.923. The lowest BCUT2D eigenvalue weighted by molar-refractivity contribution is 0.0268. The molecule has 0 aromatic heterocycles. The zero-order valence-electron chi connectivity index (χ0n) is 13.3. The van der Waals surface area contributed by atoms with Gasteiger partial charge in [0.25, 0.3) is 0 Å². The summed E-state index contributed by atoms with van der Waals surface area (Å²) in [6, 6.07) is 0. The molecular weight excluding hydrogens is 373 g/mol. The first-order valence-electron chi connectivity index (χ1n) is 6.62. The van der Waals surface area contributed by atoms with Gasteiger partial charge in [-0.05, 0) is 20.3 Å². The van der Waals surface area contributed by atoms with E-state index in [0.29, 0.717) is 19.8 Å². The number of rotatable bonds is 10. The molecule has 2 N–H and O–H groups in total. The minimum Gasteiger partial charge on any atom is -0.382 e. The standard InChI is InChI=1S/C13H29N3O3.HI/c1-13(2,18-5)11-16-12(14-3)15-7-6-8-19-10-9-17-4;/h6-11H2,1-5H3,(H2,14,15,16);1H. The predicted octanol–water partition coefficient (Wildman–Crippen LogP) is 1.25. The van der Waals surface area contributed by atoms with Crippen LogP contribution in [-0.2, 0) is 14.2 Å². The van der Waals surface area contributed by atoms with Crippen molar-refractivity contribution in [1.29, 1.82) is 0 Å². The summed E-state index contributed by atoms with van der Waals surface area (Å²) in [4.78, 5) is 4.15. The van der Waals surface area contributed by atoms with E-state index >= 15 is 0 Å². The van der Waals surface area contributed by atoms with Gasteiger partial charge >= 0.3 is 0 Å². The SMILES string of the molecule is CN=C(NCCCOCCOC)NCC(C)(C)OC.I. The van der Waals surface area contributed by atoms with Crippen molar-refractivity contribution in [3.05, 3.63) is 0 Å². The number of nitrogens with one attached hydrogen (secondary N) is 2. The molecule has 0 saturated carbocycles. The van der Waals surface area contributed by atoms with Crippen LogP contribution in [0.2, 0.25) is 0 Å². The first-order chi connectivity index (χ1) is 9.05. The first-order valence-corrected chi connectivity index (χ1v) is 6.62. The topological polar surface area (TPSA) is 64.1 Å². The van der Waals surface area contributed by atoms with E-state index in [1.165, 1.54) is 0 Å². The van der Waals surface area contributed by atoms with E-state index in [1.54, 1.807) is 21.3 Å². The Kier molecular flexibility index (Phi) is 15.3. The molecule has 7 heteroatoms. The van der Waals surface area contributed by atoms with Crippen LogP contribution in [0.3, 0.4) is 0 Å². The lowest BCUT2D eigenvalue weighted by Gasteiger charge is -2.24. The highest BCUT2D eigenvalue weighted by Gasteiger charge is 2.16. The second kappa shape index (κ2) is 13.8. The van der Waals surface area contributed by atoms with Crippen LogP contribution in [0.1, 0.15) is 20.3 Å². The van der Waals surface area contributed by atoms with Crippen LogP contribution >= 0.6 is 24.0 Å². The third-order valence-corrected chi connectivity index (χ3v) is 2.65. The molecule has 20 heavy (non-hydrogen) atoms. The Hall–Kier alpha value is -0.120. The Morgan fingerprint density at radius 2 is 1.80 bits per heavy atom. The van der Waals surface area contributed by atoms with E-state index in [4.69, 9.17) is 14.2 Å². The molecule has 0 aliphatic rings. The third-order valence-electron chi connectivity index (χ3n) is 2.65. The third kappa shape index (κ3) is 12.9. The van der Waals surface area contributed by atoms with Gasteiger partial charge in [0.1, 0.15) is 0 Å². The van der Waals surface area contributed by atoms with Gasteiger partial charge in [-0.2, -0.15) is 0 Å². The van der Waals surface area contributed by atoms with Gasteiger partial charge in [-0.1, -0.05) is 0 Å². The molecule has 0 aliphatic carbocycles. The molecule has 0 aromatic carbocycles. The quantitative estimate of drug-likeness (QED) is 0.249. The molecule has 6 nitrogen and oxygen atoms in total. The van der Waals surface area contributed by atoms with E-state index in [9.17, 15) is 0 Å². The summed E-state index contributed by atoms with van der Waals surface area (Å²) in [6.07, 6.45) is 0.929. The number of methoxy groups -OCH3 is 2. The van der Waals surface area contributed by atoms with Crippen molar-refractivity contribution in [2.24, 2.45) is 4.99 Å². The number of aliphatic imine (C=N–C) groups is 1. The second-order valence-electron chi connectivity index (χ2n) is 4.78. The molecule has 0 spiro atoms. The molecule has 0 aliphatic heterocycles. The van der Waals surface area contributed by atoms with Gasteiger partial charge in [0.2, 0.25) is 0 Å². The smallest absolute Gasteiger partial charge is 0.191 e. The summed E-state index contributed by atoms with van der Waals surface area (Å²) >= 11 is 0. The minimum atomic E-state index is -0.207. The van der Waals surface area contributed by atoms with Crippen molar-refractivity contribution in [3.8, 4) is 0 Å². The largest absolute Gasteiger partial charge is 0.382 e. The minimum absolute atomic E-state index is 0. The summed E-state index contributed by atoms with van der Waals surface area (Å²) in [5.41, 5.74) is -0.207. The van der Waals surface area contributed by atoms with Gasteiger partial charge in [0, 0.05) is 41.0 Å². The Morgan fingerprint density at radius 1 is 1.10 bits per heavy atom. The summed E-state index contributed by atoms with van der Waals surface area (Å²) < 4.78 is 15.6. The van der Waals surface area contributed by atoms with Gasteiger partial charge < -0.3 is 24.8 Å². The van der Waals surface area contributed by atoms with Crippen molar-refractivity contribution in [3.63, 3.8) is 0 Å². The second-order valence-corrected chi connectivity index (χ2v) is 4.78. The summed E-state index contributed by atoms with van der Waals surface area (Å²) in [6.45, 7) is 7.58. The molecule has 0 bridgehead atoms. The number of hydrogen-bond donors (Lipinski definition) is 2. The average molecular weight is 403 g/mol. The molecule has 0 amide bonds. The van der Waals surface area contributed by atoms with Crippen molar-refractivity contribution in [2.45, 2.75) is 25.9 Å². The molecule has 0 atom stereocenters. The van der Waals surface area contributed by atoms with E-state index in [1.807, 2.05) is 13.8 Å². The number of nitrogens with zero attached hydrogens (tertiary/aromatic N) is 1. The molecule has 0 radical (unpaired) electrons. The molecule has 0 unspecified atom stereocenters. The lowest BCUT2D eigenvalue weighted by atomic mass is 10.1. The lowest BCUT2D eigenvalue weighted by Crippen LogP contribution is -2.45. The predicted molar refractivity (Wildman–Crippen MR) is 93.2 cm³/mol. The zero-order valence-corrected chi connectivity index (χ0v) is 15.7.